The van der Waals surface area contributed by atoms with Crippen LogP contribution in [0.15, 0.2) is 0 Å². The molecule has 0 spiro atoms. The Morgan fingerprint density at radius 3 is 1.08 bits per heavy atom. The minimum atomic E-state index is -0.0651. The second-order valence-electron chi connectivity index (χ2n) is 6.28. The van der Waals surface area contributed by atoms with Crippen LogP contribution in [0, 0.1) is 0 Å². The van der Waals surface area contributed by atoms with Crippen LogP contribution in [0.2, 0.25) is 0 Å². The van der Waals surface area contributed by atoms with E-state index in [0.29, 0.717) is 6.42 Å². The maximum Gasteiger partial charge on any atom is 0.305 e. The SMILES string of the molecule is CCCCCCCCCCCCCCCCCC(=O)OC.Cl.Cl.Cl.Cl.Cl. The molecule has 0 atom stereocenters. The van der Waals surface area contributed by atoms with Gasteiger partial charge in [-0.15, -0.1) is 62.0 Å². The van der Waals surface area contributed by atoms with Crippen LogP contribution in [-0.4, -0.2) is 13.1 Å². The number of methoxy groups -OCH3 is 1. The van der Waals surface area contributed by atoms with E-state index < -0.39 is 0 Å². The zero-order chi connectivity index (χ0) is 15.6. The minimum absolute atomic E-state index is 0. The van der Waals surface area contributed by atoms with E-state index in [1.165, 1.54) is 97.0 Å². The van der Waals surface area contributed by atoms with E-state index in [1.54, 1.807) is 0 Å². The van der Waals surface area contributed by atoms with Crippen LogP contribution < -0.4 is 0 Å². The summed E-state index contributed by atoms with van der Waals surface area (Å²) >= 11 is 0. The Kier molecular flexibility index (Phi) is 58.5. The van der Waals surface area contributed by atoms with E-state index in [4.69, 9.17) is 0 Å². The highest BCUT2D eigenvalue weighted by atomic mass is 35.5. The molecule has 0 heterocycles. The number of esters is 1. The smallest absolute Gasteiger partial charge is 0.305 e. The fourth-order valence-electron chi connectivity index (χ4n) is 2.74. The number of carbonyl (C=O) groups excluding carboxylic acids is 1. The molecule has 0 fully saturated rings. The first-order valence-electron chi connectivity index (χ1n) is 9.38. The van der Waals surface area contributed by atoms with E-state index in [9.17, 15) is 4.79 Å². The number of hydrogen-bond donors (Lipinski definition) is 0. The Morgan fingerprint density at radius 1 is 0.538 bits per heavy atom. The summed E-state index contributed by atoms with van der Waals surface area (Å²) in [4.78, 5) is 10.9. The van der Waals surface area contributed by atoms with Crippen LogP contribution in [0.1, 0.15) is 110 Å². The molecular weight excluding hydrogens is 437 g/mol. The lowest BCUT2D eigenvalue weighted by Gasteiger charge is -2.03. The van der Waals surface area contributed by atoms with Gasteiger partial charge in [0.1, 0.15) is 0 Å². The van der Waals surface area contributed by atoms with Crippen molar-refractivity contribution in [2.24, 2.45) is 0 Å². The van der Waals surface area contributed by atoms with Gasteiger partial charge in [0.2, 0.25) is 0 Å². The molecule has 166 valence electrons. The summed E-state index contributed by atoms with van der Waals surface area (Å²) in [7, 11) is 1.47. The van der Waals surface area contributed by atoms with Crippen molar-refractivity contribution in [2.75, 3.05) is 7.11 Å². The third-order valence-corrected chi connectivity index (χ3v) is 4.21. The summed E-state index contributed by atoms with van der Waals surface area (Å²) in [6.45, 7) is 2.28. The summed E-state index contributed by atoms with van der Waals surface area (Å²) in [5.74, 6) is -0.0651. The Morgan fingerprint density at radius 2 is 0.808 bits per heavy atom. The van der Waals surface area contributed by atoms with E-state index in [0.717, 1.165) is 6.42 Å². The molecule has 0 aromatic heterocycles. The van der Waals surface area contributed by atoms with Crippen LogP contribution in [0.25, 0.3) is 0 Å². The third kappa shape index (κ3) is 35.9. The van der Waals surface area contributed by atoms with Gasteiger partial charge >= 0.3 is 5.97 Å². The number of rotatable bonds is 16. The van der Waals surface area contributed by atoms with E-state index >= 15 is 0 Å². The monoisotopic (exact) mass is 478 g/mol. The van der Waals surface area contributed by atoms with Crippen molar-refractivity contribution in [1.29, 1.82) is 0 Å². The fraction of sp³-hybridized carbons (Fsp3) is 0.947. The second kappa shape index (κ2) is 36.8. The van der Waals surface area contributed by atoms with Gasteiger partial charge in [-0.3, -0.25) is 4.79 Å². The lowest BCUT2D eigenvalue weighted by molar-refractivity contribution is -0.140. The van der Waals surface area contributed by atoms with E-state index in [2.05, 4.69) is 11.7 Å². The standard InChI is InChI=1S/C19H38O2.5ClH/c1-3-4-5-6-7-8-9-10-11-12-13-14-15-16-17-18-19(20)21-2;;;;;/h3-18H2,1-2H3;5*1H. The lowest BCUT2D eigenvalue weighted by atomic mass is 10.0. The zero-order valence-electron chi connectivity index (χ0n) is 16.7. The first-order valence-corrected chi connectivity index (χ1v) is 9.38. The largest absolute Gasteiger partial charge is 0.469 e. The molecule has 0 aliphatic carbocycles. The molecule has 0 aliphatic rings. The molecule has 0 aromatic carbocycles. The molecule has 0 aliphatic heterocycles. The fourth-order valence-corrected chi connectivity index (χ4v) is 2.74. The van der Waals surface area contributed by atoms with Gasteiger partial charge in [0.15, 0.2) is 0 Å². The summed E-state index contributed by atoms with van der Waals surface area (Å²) in [6, 6.07) is 0. The molecule has 0 rings (SSSR count). The highest BCUT2D eigenvalue weighted by Gasteiger charge is 1.99. The highest BCUT2D eigenvalue weighted by Crippen LogP contribution is 2.13. The van der Waals surface area contributed by atoms with Crippen molar-refractivity contribution in [3.05, 3.63) is 0 Å². The lowest BCUT2D eigenvalue weighted by Crippen LogP contribution is -1.99. The predicted octanol–water partition coefficient (Wildman–Crippen LogP) is 8.53. The van der Waals surface area contributed by atoms with Crippen molar-refractivity contribution < 1.29 is 9.53 Å². The van der Waals surface area contributed by atoms with E-state index in [1.807, 2.05) is 0 Å². The normalized spacial score (nSPS) is 8.69. The Balaban J connectivity index is -0.000000200. The van der Waals surface area contributed by atoms with Crippen molar-refractivity contribution in [3.8, 4) is 0 Å². The van der Waals surface area contributed by atoms with Crippen molar-refractivity contribution in [1.82, 2.24) is 0 Å². The molecule has 0 bridgehead atoms. The molecule has 0 saturated heterocycles. The van der Waals surface area contributed by atoms with Gasteiger partial charge in [-0.05, 0) is 6.42 Å². The van der Waals surface area contributed by atoms with Gasteiger partial charge in [0, 0.05) is 6.42 Å². The molecule has 0 aromatic rings. The molecule has 0 unspecified atom stereocenters. The maximum atomic E-state index is 10.9. The summed E-state index contributed by atoms with van der Waals surface area (Å²) in [6.07, 6.45) is 20.9. The number of unbranched alkanes of at least 4 members (excludes halogenated alkanes) is 14. The molecule has 2 nitrogen and oxygen atoms in total. The number of ether oxygens (including phenoxy) is 1. The molecule has 0 radical (unpaired) electrons. The van der Waals surface area contributed by atoms with Gasteiger partial charge in [0.25, 0.3) is 0 Å². The van der Waals surface area contributed by atoms with Crippen LogP contribution >= 0.6 is 62.0 Å². The van der Waals surface area contributed by atoms with E-state index in [-0.39, 0.29) is 68.0 Å². The Bertz CT molecular complexity index is 232. The summed E-state index contributed by atoms with van der Waals surface area (Å²) in [5.41, 5.74) is 0. The van der Waals surface area contributed by atoms with Crippen molar-refractivity contribution >= 4 is 68.0 Å². The van der Waals surface area contributed by atoms with Gasteiger partial charge in [-0.2, -0.15) is 0 Å². The topological polar surface area (TPSA) is 26.3 Å². The van der Waals surface area contributed by atoms with Crippen LogP contribution in [0.4, 0.5) is 0 Å². The summed E-state index contributed by atoms with van der Waals surface area (Å²) in [5, 5.41) is 0. The van der Waals surface area contributed by atoms with Gasteiger partial charge in [-0.25, -0.2) is 0 Å². The average Bonchev–Trinajstić information content (AvgIpc) is 2.50. The van der Waals surface area contributed by atoms with Gasteiger partial charge < -0.3 is 4.74 Å². The molecule has 0 saturated carbocycles. The van der Waals surface area contributed by atoms with Crippen LogP contribution in [0.5, 0.6) is 0 Å². The predicted molar refractivity (Wildman–Crippen MR) is 128 cm³/mol. The Hall–Kier alpha value is 0.920. The first kappa shape index (κ1) is 41.3. The van der Waals surface area contributed by atoms with Crippen LogP contribution in [0.3, 0.4) is 0 Å². The minimum Gasteiger partial charge on any atom is -0.469 e. The van der Waals surface area contributed by atoms with Gasteiger partial charge in [0.05, 0.1) is 7.11 Å². The summed E-state index contributed by atoms with van der Waals surface area (Å²) < 4.78 is 4.63. The number of carbonyl (C=O) groups is 1. The average molecular weight is 481 g/mol. The molecule has 0 N–H and O–H groups in total. The second-order valence-corrected chi connectivity index (χ2v) is 6.28. The first-order chi connectivity index (χ1) is 10.3. The van der Waals surface area contributed by atoms with Gasteiger partial charge in [-0.1, -0.05) is 96.8 Å². The molecular formula is C19H43Cl5O2. The third-order valence-electron chi connectivity index (χ3n) is 4.21. The molecule has 0 amide bonds. The molecule has 7 heteroatoms. The zero-order valence-corrected chi connectivity index (χ0v) is 20.8. The number of halogens is 5. The molecule has 26 heavy (non-hydrogen) atoms. The highest BCUT2D eigenvalue weighted by molar-refractivity contribution is 5.86. The Labute approximate surface area is 193 Å². The maximum absolute atomic E-state index is 10.9. The van der Waals surface area contributed by atoms with Crippen LogP contribution in [-0.2, 0) is 9.53 Å². The van der Waals surface area contributed by atoms with Crippen molar-refractivity contribution in [2.45, 2.75) is 110 Å². The number of hydrogen-bond acceptors (Lipinski definition) is 2. The quantitative estimate of drug-likeness (QED) is 0.163. The van der Waals surface area contributed by atoms with Crippen molar-refractivity contribution in [3.63, 3.8) is 0 Å².